The summed E-state index contributed by atoms with van der Waals surface area (Å²) in [5.74, 6) is -2.23. The zero-order valence-electron chi connectivity index (χ0n) is 8.49. The zero-order chi connectivity index (χ0) is 12.8. The molecule has 8 nitrogen and oxygen atoms in total. The predicted molar refractivity (Wildman–Crippen MR) is 58.0 cm³/mol. The number of benzene rings is 1. The van der Waals surface area contributed by atoms with Gasteiger partial charge in [0.2, 0.25) is 0 Å². The number of hydrogen-bond acceptors (Lipinski definition) is 5. The average Bonchev–Trinajstić information content (AvgIpc) is 2.29. The van der Waals surface area contributed by atoms with Crippen molar-refractivity contribution in [1.82, 2.24) is 5.43 Å². The van der Waals surface area contributed by atoms with E-state index in [0.29, 0.717) is 5.56 Å². The number of amides is 2. The molecular weight excluding hydrogens is 228 g/mol. The van der Waals surface area contributed by atoms with Crippen LogP contribution in [0.4, 0.5) is 5.69 Å². The normalized spacial score (nSPS) is 10.1. The van der Waals surface area contributed by atoms with Gasteiger partial charge in [-0.25, -0.2) is 5.43 Å². The van der Waals surface area contributed by atoms with Gasteiger partial charge in [0.15, 0.2) is 0 Å². The number of nitro benzene ring substituents is 1. The molecule has 0 saturated heterocycles. The lowest BCUT2D eigenvalue weighted by Crippen LogP contribution is -2.32. The van der Waals surface area contributed by atoms with E-state index in [4.69, 9.17) is 0 Å². The van der Waals surface area contributed by atoms with Crippen molar-refractivity contribution in [2.24, 2.45) is 10.8 Å². The van der Waals surface area contributed by atoms with Gasteiger partial charge in [-0.05, 0) is 0 Å². The van der Waals surface area contributed by atoms with Crippen LogP contribution in [-0.2, 0) is 9.59 Å². The van der Waals surface area contributed by atoms with Crippen molar-refractivity contribution in [3.63, 3.8) is 0 Å². The van der Waals surface area contributed by atoms with Gasteiger partial charge in [-0.2, -0.15) is 5.10 Å². The van der Waals surface area contributed by atoms with Crippen molar-refractivity contribution < 1.29 is 14.5 Å². The number of hydrazone groups is 1. The molecule has 0 unspecified atom stereocenters. The van der Waals surface area contributed by atoms with Crippen LogP contribution in [-0.4, -0.2) is 23.0 Å². The number of carbonyl (C=O) groups excluding carboxylic acids is 2. The highest BCUT2D eigenvalue weighted by molar-refractivity contribution is 6.34. The topological polar surface area (TPSA) is 128 Å². The number of primary amides is 1. The zero-order valence-corrected chi connectivity index (χ0v) is 8.49. The Morgan fingerprint density at radius 3 is 2.76 bits per heavy atom. The molecule has 0 heterocycles. The Morgan fingerprint density at radius 1 is 1.47 bits per heavy atom. The van der Waals surface area contributed by atoms with Crippen molar-refractivity contribution in [1.29, 1.82) is 0 Å². The minimum absolute atomic E-state index is 0.102. The van der Waals surface area contributed by atoms with Crippen LogP contribution in [0, 0.1) is 10.1 Å². The molecule has 0 aliphatic rings. The van der Waals surface area contributed by atoms with E-state index in [2.05, 4.69) is 10.8 Å². The molecule has 8 heteroatoms. The van der Waals surface area contributed by atoms with Gasteiger partial charge in [0, 0.05) is 17.7 Å². The lowest BCUT2D eigenvalue weighted by Gasteiger charge is -1.95. The van der Waals surface area contributed by atoms with E-state index in [1.807, 2.05) is 5.43 Å². The molecule has 88 valence electrons. The molecule has 0 aliphatic carbocycles. The van der Waals surface area contributed by atoms with E-state index in [1.165, 1.54) is 18.2 Å². The Balaban J connectivity index is 2.72. The summed E-state index contributed by atoms with van der Waals surface area (Å²) in [6, 6.07) is 5.60. The quantitative estimate of drug-likeness (QED) is 0.318. The molecule has 0 aromatic heterocycles. The van der Waals surface area contributed by atoms with Gasteiger partial charge in [0.1, 0.15) is 0 Å². The molecule has 0 fully saturated rings. The van der Waals surface area contributed by atoms with Gasteiger partial charge >= 0.3 is 11.8 Å². The average molecular weight is 236 g/mol. The SMILES string of the molecule is NC(=O)C(=O)N/N=C\c1cccc([N+](=O)[O-])c1. The third-order valence-electron chi connectivity index (χ3n) is 1.68. The number of carbonyl (C=O) groups is 2. The first-order valence-corrected chi connectivity index (χ1v) is 4.38. The highest BCUT2D eigenvalue weighted by Crippen LogP contribution is 2.11. The van der Waals surface area contributed by atoms with Crippen molar-refractivity contribution >= 4 is 23.7 Å². The van der Waals surface area contributed by atoms with E-state index in [0.717, 1.165) is 6.21 Å². The highest BCUT2D eigenvalue weighted by atomic mass is 16.6. The summed E-state index contributed by atoms with van der Waals surface area (Å²) in [4.78, 5) is 30.9. The van der Waals surface area contributed by atoms with Gasteiger partial charge in [0.05, 0.1) is 11.1 Å². The minimum atomic E-state index is -1.17. The minimum Gasteiger partial charge on any atom is -0.361 e. The summed E-state index contributed by atoms with van der Waals surface area (Å²) in [5.41, 5.74) is 6.84. The summed E-state index contributed by atoms with van der Waals surface area (Å²) in [7, 11) is 0. The maximum atomic E-state index is 10.7. The first-order valence-electron chi connectivity index (χ1n) is 4.38. The second-order valence-corrected chi connectivity index (χ2v) is 2.92. The molecule has 0 radical (unpaired) electrons. The van der Waals surface area contributed by atoms with Gasteiger partial charge in [-0.3, -0.25) is 19.7 Å². The maximum absolute atomic E-state index is 10.7. The smallest absolute Gasteiger partial charge is 0.329 e. The first kappa shape index (κ1) is 12.3. The van der Waals surface area contributed by atoms with Gasteiger partial charge < -0.3 is 5.73 Å². The van der Waals surface area contributed by atoms with Crippen LogP contribution in [0.15, 0.2) is 29.4 Å². The summed E-state index contributed by atoms with van der Waals surface area (Å²) in [6.45, 7) is 0. The summed E-state index contributed by atoms with van der Waals surface area (Å²) >= 11 is 0. The summed E-state index contributed by atoms with van der Waals surface area (Å²) < 4.78 is 0. The third-order valence-corrected chi connectivity index (χ3v) is 1.68. The maximum Gasteiger partial charge on any atom is 0.329 e. The molecule has 3 N–H and O–H groups in total. The molecule has 0 saturated carbocycles. The van der Waals surface area contributed by atoms with Crippen molar-refractivity contribution in [2.45, 2.75) is 0 Å². The fourth-order valence-corrected chi connectivity index (χ4v) is 0.939. The van der Waals surface area contributed by atoms with Crippen molar-refractivity contribution in [3.8, 4) is 0 Å². The molecule has 0 aliphatic heterocycles. The van der Waals surface area contributed by atoms with E-state index in [9.17, 15) is 19.7 Å². The number of nitrogens with one attached hydrogen (secondary N) is 1. The van der Waals surface area contributed by atoms with Crippen LogP contribution < -0.4 is 11.2 Å². The molecule has 1 rings (SSSR count). The van der Waals surface area contributed by atoms with Crippen molar-refractivity contribution in [3.05, 3.63) is 39.9 Å². The molecule has 0 spiro atoms. The van der Waals surface area contributed by atoms with Crippen LogP contribution in [0.3, 0.4) is 0 Å². The highest BCUT2D eigenvalue weighted by Gasteiger charge is 2.06. The lowest BCUT2D eigenvalue weighted by atomic mass is 10.2. The Morgan fingerprint density at radius 2 is 2.18 bits per heavy atom. The van der Waals surface area contributed by atoms with Gasteiger partial charge in [-0.1, -0.05) is 12.1 Å². The van der Waals surface area contributed by atoms with Gasteiger partial charge in [-0.15, -0.1) is 0 Å². The Bertz CT molecular complexity index is 498. The standard InChI is InChI=1S/C9H8N4O4/c10-8(14)9(15)12-11-5-6-2-1-3-7(4-6)13(16)17/h1-5H,(H2,10,14)(H,12,15)/b11-5-. The van der Waals surface area contributed by atoms with Crippen LogP contribution in [0.25, 0.3) is 0 Å². The molecule has 17 heavy (non-hydrogen) atoms. The van der Waals surface area contributed by atoms with Crippen LogP contribution in [0.2, 0.25) is 0 Å². The number of non-ortho nitro benzene ring substituents is 1. The molecule has 1 aromatic carbocycles. The summed E-state index contributed by atoms with van der Waals surface area (Å²) in [5, 5.41) is 13.9. The number of rotatable bonds is 3. The molecule has 0 bridgehead atoms. The lowest BCUT2D eigenvalue weighted by molar-refractivity contribution is -0.384. The Labute approximate surface area is 95.3 Å². The van der Waals surface area contributed by atoms with E-state index < -0.39 is 16.7 Å². The van der Waals surface area contributed by atoms with Crippen LogP contribution >= 0.6 is 0 Å². The molecular formula is C9H8N4O4. The fraction of sp³-hybridized carbons (Fsp3) is 0. The molecule has 0 atom stereocenters. The molecule has 1 aromatic rings. The number of nitrogens with two attached hydrogens (primary N) is 1. The van der Waals surface area contributed by atoms with Gasteiger partial charge in [0.25, 0.3) is 5.69 Å². The van der Waals surface area contributed by atoms with Crippen LogP contribution in [0.1, 0.15) is 5.56 Å². The monoisotopic (exact) mass is 236 g/mol. The third kappa shape index (κ3) is 3.70. The second-order valence-electron chi connectivity index (χ2n) is 2.92. The van der Waals surface area contributed by atoms with Crippen molar-refractivity contribution in [2.75, 3.05) is 0 Å². The van der Waals surface area contributed by atoms with E-state index >= 15 is 0 Å². The summed E-state index contributed by atoms with van der Waals surface area (Å²) in [6.07, 6.45) is 1.16. The Hall–Kier alpha value is -2.77. The molecule has 2 amide bonds. The number of nitrogens with zero attached hydrogens (tertiary/aromatic N) is 2. The fourth-order valence-electron chi connectivity index (χ4n) is 0.939. The number of nitro groups is 1. The predicted octanol–water partition coefficient (Wildman–Crippen LogP) is -0.470. The number of hydrogen-bond donors (Lipinski definition) is 2. The largest absolute Gasteiger partial charge is 0.361 e. The Kier molecular flexibility index (Phi) is 3.87. The first-order chi connectivity index (χ1) is 8.00. The van der Waals surface area contributed by atoms with E-state index in [-0.39, 0.29) is 5.69 Å². The second kappa shape index (κ2) is 5.35. The van der Waals surface area contributed by atoms with Crippen LogP contribution in [0.5, 0.6) is 0 Å². The van der Waals surface area contributed by atoms with E-state index in [1.54, 1.807) is 6.07 Å².